The van der Waals surface area contributed by atoms with Gasteiger partial charge in [0.05, 0.1) is 36.6 Å². The van der Waals surface area contributed by atoms with Crippen molar-refractivity contribution in [3.8, 4) is 0 Å². The lowest BCUT2D eigenvalue weighted by atomic mass is 9.96. The minimum atomic E-state index is -1.13. The third-order valence-electron chi connectivity index (χ3n) is 4.22. The van der Waals surface area contributed by atoms with Crippen molar-refractivity contribution in [2.24, 2.45) is 0 Å². The molecule has 0 aliphatic carbocycles. The summed E-state index contributed by atoms with van der Waals surface area (Å²) in [7, 11) is 1.28. The lowest BCUT2D eigenvalue weighted by Crippen LogP contribution is -2.44. The first-order chi connectivity index (χ1) is 11.9. The Morgan fingerprint density at radius 2 is 2.00 bits per heavy atom. The molecule has 1 aliphatic rings. The van der Waals surface area contributed by atoms with Gasteiger partial charge >= 0.3 is 12.0 Å². The summed E-state index contributed by atoms with van der Waals surface area (Å²) in [6, 6.07) is 6.86. The quantitative estimate of drug-likeness (QED) is 0.651. The van der Waals surface area contributed by atoms with E-state index in [4.69, 9.17) is 0 Å². The molecule has 1 aromatic heterocycles. The molecule has 1 aromatic carbocycles. The van der Waals surface area contributed by atoms with Crippen LogP contribution in [0.2, 0.25) is 0 Å². The molecule has 25 heavy (non-hydrogen) atoms. The van der Waals surface area contributed by atoms with Crippen LogP contribution in [0.1, 0.15) is 25.5 Å². The third kappa shape index (κ3) is 3.28. The highest BCUT2D eigenvalue weighted by atomic mass is 16.5. The third-order valence-corrected chi connectivity index (χ3v) is 4.22. The van der Waals surface area contributed by atoms with E-state index in [1.165, 1.54) is 7.11 Å². The molecular weight excluding hydrogens is 324 g/mol. The molecule has 0 saturated carbocycles. The Bertz CT molecular complexity index is 853. The molecule has 1 atom stereocenters. The lowest BCUT2D eigenvalue weighted by molar-refractivity contribution is -0.141. The molecular formula is C17H18N4O4. The van der Waals surface area contributed by atoms with Crippen LogP contribution < -0.4 is 5.32 Å². The molecule has 0 spiro atoms. The van der Waals surface area contributed by atoms with Crippen LogP contribution >= 0.6 is 0 Å². The second kappa shape index (κ2) is 6.46. The van der Waals surface area contributed by atoms with Crippen molar-refractivity contribution in [2.45, 2.75) is 31.8 Å². The molecule has 1 unspecified atom stereocenters. The molecule has 2 aromatic rings. The molecule has 0 bridgehead atoms. The highest BCUT2D eigenvalue weighted by Crippen LogP contribution is 2.24. The van der Waals surface area contributed by atoms with Crippen LogP contribution in [0.15, 0.2) is 30.5 Å². The first-order valence-corrected chi connectivity index (χ1v) is 7.84. The van der Waals surface area contributed by atoms with Gasteiger partial charge in [0.2, 0.25) is 0 Å². The first kappa shape index (κ1) is 16.8. The summed E-state index contributed by atoms with van der Waals surface area (Å²) in [4.78, 5) is 46.0. The van der Waals surface area contributed by atoms with Gasteiger partial charge < -0.3 is 10.1 Å². The van der Waals surface area contributed by atoms with E-state index < -0.39 is 23.4 Å². The van der Waals surface area contributed by atoms with Crippen molar-refractivity contribution in [3.63, 3.8) is 0 Å². The van der Waals surface area contributed by atoms with E-state index >= 15 is 0 Å². The predicted molar refractivity (Wildman–Crippen MR) is 88.3 cm³/mol. The molecule has 0 radical (unpaired) electrons. The van der Waals surface area contributed by atoms with Gasteiger partial charge in [-0.3, -0.25) is 19.5 Å². The minimum absolute atomic E-state index is 0.0241. The van der Waals surface area contributed by atoms with Crippen molar-refractivity contribution in [1.82, 2.24) is 20.2 Å². The van der Waals surface area contributed by atoms with Gasteiger partial charge in [0, 0.05) is 6.42 Å². The molecule has 3 amide bonds. The van der Waals surface area contributed by atoms with E-state index in [0.29, 0.717) is 11.2 Å². The molecule has 1 aliphatic heterocycles. The average Bonchev–Trinajstić information content (AvgIpc) is 2.83. The maximum Gasteiger partial charge on any atom is 0.325 e. The maximum atomic E-state index is 12.6. The van der Waals surface area contributed by atoms with E-state index in [-0.39, 0.29) is 19.4 Å². The lowest BCUT2D eigenvalue weighted by Gasteiger charge is -2.20. The summed E-state index contributed by atoms with van der Waals surface area (Å²) in [6.07, 6.45) is 1.76. The molecule has 1 N–H and O–H groups in total. The zero-order valence-electron chi connectivity index (χ0n) is 14.0. The predicted octanol–water partition coefficient (Wildman–Crippen LogP) is 1.39. The number of carbonyl (C=O) groups excluding carboxylic acids is 3. The average molecular weight is 342 g/mol. The van der Waals surface area contributed by atoms with E-state index in [1.807, 2.05) is 24.3 Å². The monoisotopic (exact) mass is 342 g/mol. The van der Waals surface area contributed by atoms with Crippen LogP contribution in [-0.4, -0.2) is 45.4 Å². The summed E-state index contributed by atoms with van der Waals surface area (Å²) in [5.41, 5.74) is 0.821. The number of imide groups is 1. The molecule has 8 nitrogen and oxygen atoms in total. The van der Waals surface area contributed by atoms with Gasteiger partial charge in [-0.1, -0.05) is 12.1 Å². The van der Waals surface area contributed by atoms with Gasteiger partial charge in [-0.05, 0) is 25.5 Å². The second-order valence-corrected chi connectivity index (χ2v) is 6.08. The van der Waals surface area contributed by atoms with Crippen molar-refractivity contribution in [3.05, 3.63) is 36.2 Å². The van der Waals surface area contributed by atoms with Crippen molar-refractivity contribution in [1.29, 1.82) is 0 Å². The summed E-state index contributed by atoms with van der Waals surface area (Å²) in [5, 5.41) is 2.65. The maximum absolute atomic E-state index is 12.6. The largest absolute Gasteiger partial charge is 0.469 e. The normalized spacial score (nSPS) is 20.0. The van der Waals surface area contributed by atoms with E-state index in [2.05, 4.69) is 20.0 Å². The van der Waals surface area contributed by atoms with Gasteiger partial charge in [-0.25, -0.2) is 9.78 Å². The summed E-state index contributed by atoms with van der Waals surface area (Å²) in [6.45, 7) is 1.62. The summed E-state index contributed by atoms with van der Waals surface area (Å²) in [5.74, 6) is -0.821. The van der Waals surface area contributed by atoms with Crippen LogP contribution in [0.3, 0.4) is 0 Å². The molecule has 1 fully saturated rings. The van der Waals surface area contributed by atoms with Crippen LogP contribution in [0.5, 0.6) is 0 Å². The Labute approximate surface area is 144 Å². The number of hydrogen-bond donors (Lipinski definition) is 1. The number of amides is 3. The summed E-state index contributed by atoms with van der Waals surface area (Å²) >= 11 is 0. The number of ether oxygens (including phenoxy) is 1. The van der Waals surface area contributed by atoms with Gasteiger partial charge in [-0.2, -0.15) is 0 Å². The molecule has 1 saturated heterocycles. The first-order valence-electron chi connectivity index (χ1n) is 7.84. The van der Waals surface area contributed by atoms with Crippen LogP contribution in [0, 0.1) is 0 Å². The van der Waals surface area contributed by atoms with Crippen molar-refractivity contribution in [2.75, 3.05) is 7.11 Å². The number of carbonyl (C=O) groups is 3. The Morgan fingerprint density at radius 1 is 1.28 bits per heavy atom. The number of esters is 1. The Kier molecular flexibility index (Phi) is 4.35. The fourth-order valence-electron chi connectivity index (χ4n) is 2.75. The number of para-hydroxylation sites is 2. The minimum Gasteiger partial charge on any atom is -0.469 e. The SMILES string of the molecule is COC(=O)CCC1(C)NC(=O)N(Cc2cnc3ccccc3n2)C1=O. The van der Waals surface area contributed by atoms with Gasteiger partial charge in [0.1, 0.15) is 5.54 Å². The number of hydrogen-bond acceptors (Lipinski definition) is 6. The standard InChI is InChI=1S/C17H18N4O4/c1-17(8-7-14(22)25-2)15(23)21(16(24)20-17)10-11-9-18-12-5-3-4-6-13(12)19-11/h3-6,9H,7-8,10H2,1-2H3,(H,20,24). The number of benzene rings is 1. The highest BCUT2D eigenvalue weighted by molar-refractivity contribution is 6.06. The van der Waals surface area contributed by atoms with E-state index in [0.717, 1.165) is 10.4 Å². The zero-order chi connectivity index (χ0) is 18.0. The fraction of sp³-hybridized carbons (Fsp3) is 0.353. The number of urea groups is 1. The van der Waals surface area contributed by atoms with E-state index in [9.17, 15) is 14.4 Å². The molecule has 8 heteroatoms. The summed E-state index contributed by atoms with van der Waals surface area (Å²) < 4.78 is 4.59. The fourth-order valence-corrected chi connectivity index (χ4v) is 2.75. The number of nitrogens with one attached hydrogen (secondary N) is 1. The topological polar surface area (TPSA) is 101 Å². The van der Waals surface area contributed by atoms with Crippen LogP contribution in [0.25, 0.3) is 11.0 Å². The second-order valence-electron chi connectivity index (χ2n) is 6.08. The Hall–Kier alpha value is -3.03. The van der Waals surface area contributed by atoms with Crippen LogP contribution in [-0.2, 0) is 20.9 Å². The van der Waals surface area contributed by atoms with Gasteiger partial charge in [0.25, 0.3) is 5.91 Å². The molecule has 3 rings (SSSR count). The highest BCUT2D eigenvalue weighted by Gasteiger charge is 2.47. The van der Waals surface area contributed by atoms with Crippen LogP contribution in [0.4, 0.5) is 4.79 Å². The van der Waals surface area contributed by atoms with Crippen molar-refractivity contribution < 1.29 is 19.1 Å². The number of nitrogens with zero attached hydrogens (tertiary/aromatic N) is 3. The number of aromatic nitrogens is 2. The number of rotatable bonds is 5. The molecule has 2 heterocycles. The van der Waals surface area contributed by atoms with Gasteiger partial charge in [0.15, 0.2) is 0 Å². The smallest absolute Gasteiger partial charge is 0.325 e. The number of fused-ring (bicyclic) bond motifs is 1. The Balaban J connectivity index is 1.76. The number of methoxy groups -OCH3 is 1. The van der Waals surface area contributed by atoms with Crippen molar-refractivity contribution >= 4 is 28.9 Å². The Morgan fingerprint density at radius 3 is 2.72 bits per heavy atom. The van der Waals surface area contributed by atoms with Gasteiger partial charge in [-0.15, -0.1) is 0 Å². The zero-order valence-corrected chi connectivity index (χ0v) is 14.0. The van der Waals surface area contributed by atoms with E-state index in [1.54, 1.807) is 13.1 Å². The molecule has 130 valence electrons.